The van der Waals surface area contributed by atoms with Crippen LogP contribution >= 0.6 is 0 Å². The third-order valence-corrected chi connectivity index (χ3v) is 6.55. The second-order valence-corrected chi connectivity index (χ2v) is 9.88. The maximum absolute atomic E-state index is 11.6. The largest absolute Gasteiger partial charge is 0.376 e. The summed E-state index contributed by atoms with van der Waals surface area (Å²) in [6, 6.07) is 2.12. The van der Waals surface area contributed by atoms with E-state index < -0.39 is 10.0 Å². The molecular weight excluding hydrogens is 366 g/mol. The van der Waals surface area contributed by atoms with E-state index in [4.69, 9.17) is 4.74 Å². The Morgan fingerprint density at radius 2 is 2.19 bits per heavy atom. The summed E-state index contributed by atoms with van der Waals surface area (Å²) in [5, 5.41) is 6.76. The van der Waals surface area contributed by atoms with E-state index in [1.807, 2.05) is 6.07 Å². The molecule has 2 aliphatic heterocycles. The van der Waals surface area contributed by atoms with Gasteiger partial charge in [-0.1, -0.05) is 13.8 Å². The lowest BCUT2D eigenvalue weighted by atomic mass is 9.94. The molecule has 8 nitrogen and oxygen atoms in total. The molecule has 3 rings (SSSR count). The lowest BCUT2D eigenvalue weighted by Crippen LogP contribution is -2.43. The van der Waals surface area contributed by atoms with Gasteiger partial charge < -0.3 is 15.4 Å². The van der Waals surface area contributed by atoms with Crippen molar-refractivity contribution in [3.05, 3.63) is 12.3 Å². The molecular formula is C18H31N5O3S. The summed E-state index contributed by atoms with van der Waals surface area (Å²) in [5.74, 6) is 2.08. The summed E-state index contributed by atoms with van der Waals surface area (Å²) in [5.41, 5.74) is 0. The van der Waals surface area contributed by atoms with Gasteiger partial charge in [-0.15, -0.1) is 0 Å². The summed E-state index contributed by atoms with van der Waals surface area (Å²) in [6.07, 6.45) is 6.16. The van der Waals surface area contributed by atoms with Crippen LogP contribution in [-0.4, -0.2) is 67.3 Å². The minimum absolute atomic E-state index is 0.186. The van der Waals surface area contributed by atoms with E-state index in [2.05, 4.69) is 34.4 Å². The van der Waals surface area contributed by atoms with Crippen LogP contribution in [0.2, 0.25) is 0 Å². The highest BCUT2D eigenvalue weighted by atomic mass is 32.2. The van der Waals surface area contributed by atoms with Gasteiger partial charge in [-0.05, 0) is 37.2 Å². The van der Waals surface area contributed by atoms with Crippen LogP contribution in [-0.2, 0) is 14.8 Å². The number of anilines is 2. The molecule has 2 N–H and O–H groups in total. The van der Waals surface area contributed by atoms with Gasteiger partial charge >= 0.3 is 0 Å². The molecule has 3 heterocycles. The van der Waals surface area contributed by atoms with Crippen LogP contribution in [0.15, 0.2) is 12.3 Å². The first-order valence-electron chi connectivity index (χ1n) is 9.73. The Hall–Kier alpha value is -1.45. The first-order chi connectivity index (χ1) is 12.8. The Bertz CT molecular complexity index is 727. The monoisotopic (exact) mass is 397 g/mol. The van der Waals surface area contributed by atoms with Crippen LogP contribution in [0.1, 0.15) is 33.1 Å². The summed E-state index contributed by atoms with van der Waals surface area (Å²) >= 11 is 0. The molecule has 9 heteroatoms. The summed E-state index contributed by atoms with van der Waals surface area (Å²) in [6.45, 7) is 6.99. The van der Waals surface area contributed by atoms with Crippen LogP contribution in [0.3, 0.4) is 0 Å². The Morgan fingerprint density at radius 1 is 1.37 bits per heavy atom. The van der Waals surface area contributed by atoms with Gasteiger partial charge in [0.25, 0.3) is 0 Å². The first kappa shape index (κ1) is 20.3. The number of hydrogen-bond donors (Lipinski definition) is 2. The molecule has 27 heavy (non-hydrogen) atoms. The van der Waals surface area contributed by atoms with Crippen molar-refractivity contribution in [3.63, 3.8) is 0 Å². The molecule has 0 unspecified atom stereocenters. The van der Waals surface area contributed by atoms with Crippen molar-refractivity contribution in [2.75, 3.05) is 43.1 Å². The standard InChI is InChI=1S/C18H31N5O3S/c1-13(2)17-15(5-4-10-26-17)21-16-6-8-19-18(22-16)20-11-14-7-9-23(12-14)27(3,24)25/h6,8,13-15,17H,4-5,7,9-12H2,1-3H3,(H2,19,20,21,22)/t14-,15-,17-/m0/s1. The Balaban J connectivity index is 1.55. The predicted octanol–water partition coefficient (Wildman–Crippen LogP) is 1.79. The van der Waals surface area contributed by atoms with Crippen molar-refractivity contribution >= 4 is 21.8 Å². The SMILES string of the molecule is CC(C)[C@@H]1OCCC[C@@H]1Nc1ccnc(NC[C@@H]2CCN(S(C)(=O)=O)C2)n1. The van der Waals surface area contributed by atoms with Crippen molar-refractivity contribution in [1.29, 1.82) is 0 Å². The van der Waals surface area contributed by atoms with Gasteiger partial charge in [-0.25, -0.2) is 17.7 Å². The summed E-state index contributed by atoms with van der Waals surface area (Å²) in [4.78, 5) is 8.86. The lowest BCUT2D eigenvalue weighted by molar-refractivity contribution is -0.0203. The van der Waals surface area contributed by atoms with Gasteiger partial charge in [0.2, 0.25) is 16.0 Å². The van der Waals surface area contributed by atoms with E-state index in [0.717, 1.165) is 31.7 Å². The van der Waals surface area contributed by atoms with Crippen molar-refractivity contribution in [1.82, 2.24) is 14.3 Å². The van der Waals surface area contributed by atoms with Gasteiger partial charge in [0.1, 0.15) is 5.82 Å². The minimum atomic E-state index is -3.10. The number of sulfonamides is 1. The third kappa shape index (κ3) is 5.52. The molecule has 0 aromatic carbocycles. The van der Waals surface area contributed by atoms with Crippen molar-refractivity contribution in [3.8, 4) is 0 Å². The first-order valence-corrected chi connectivity index (χ1v) is 11.6. The van der Waals surface area contributed by atoms with E-state index in [1.165, 1.54) is 10.6 Å². The molecule has 0 aliphatic carbocycles. The lowest BCUT2D eigenvalue weighted by Gasteiger charge is -2.35. The number of nitrogens with zero attached hydrogens (tertiary/aromatic N) is 3. The van der Waals surface area contributed by atoms with Crippen molar-refractivity contribution < 1.29 is 13.2 Å². The van der Waals surface area contributed by atoms with Gasteiger partial charge in [-0.2, -0.15) is 4.98 Å². The molecule has 2 fully saturated rings. The molecule has 0 amide bonds. The van der Waals surface area contributed by atoms with E-state index in [1.54, 1.807) is 6.20 Å². The Kier molecular flexibility index (Phi) is 6.54. The molecule has 2 aliphatic rings. The van der Waals surface area contributed by atoms with Crippen molar-refractivity contribution in [2.24, 2.45) is 11.8 Å². The van der Waals surface area contributed by atoms with E-state index in [0.29, 0.717) is 31.5 Å². The quantitative estimate of drug-likeness (QED) is 0.724. The molecule has 0 spiro atoms. The summed E-state index contributed by atoms with van der Waals surface area (Å²) in [7, 11) is -3.10. The highest BCUT2D eigenvalue weighted by molar-refractivity contribution is 7.88. The van der Waals surface area contributed by atoms with Gasteiger partial charge in [0.05, 0.1) is 18.4 Å². The van der Waals surface area contributed by atoms with Gasteiger partial charge in [0.15, 0.2) is 0 Å². The number of rotatable bonds is 7. The van der Waals surface area contributed by atoms with Crippen molar-refractivity contribution in [2.45, 2.75) is 45.3 Å². The normalized spacial score (nSPS) is 27.0. The van der Waals surface area contributed by atoms with Crippen LogP contribution in [0.5, 0.6) is 0 Å². The maximum atomic E-state index is 11.6. The van der Waals surface area contributed by atoms with Crippen LogP contribution in [0.25, 0.3) is 0 Å². The second kappa shape index (κ2) is 8.70. The zero-order chi connectivity index (χ0) is 19.4. The Labute approximate surface area is 162 Å². The van der Waals surface area contributed by atoms with Crippen LogP contribution in [0, 0.1) is 11.8 Å². The molecule has 2 saturated heterocycles. The zero-order valence-electron chi connectivity index (χ0n) is 16.4. The number of nitrogens with one attached hydrogen (secondary N) is 2. The molecule has 152 valence electrons. The third-order valence-electron chi connectivity index (χ3n) is 5.28. The average molecular weight is 398 g/mol. The molecule has 0 radical (unpaired) electrons. The zero-order valence-corrected chi connectivity index (χ0v) is 17.2. The maximum Gasteiger partial charge on any atom is 0.224 e. The molecule has 1 aromatic heterocycles. The van der Waals surface area contributed by atoms with Crippen LogP contribution < -0.4 is 10.6 Å². The highest BCUT2D eigenvalue weighted by Crippen LogP contribution is 2.24. The van der Waals surface area contributed by atoms with Gasteiger partial charge in [-0.3, -0.25) is 0 Å². The number of ether oxygens (including phenoxy) is 1. The smallest absolute Gasteiger partial charge is 0.224 e. The fourth-order valence-corrected chi connectivity index (χ4v) is 4.75. The molecule has 3 atom stereocenters. The fraction of sp³-hybridized carbons (Fsp3) is 0.778. The number of hydrogen-bond acceptors (Lipinski definition) is 7. The van der Waals surface area contributed by atoms with Gasteiger partial charge in [0, 0.05) is 32.4 Å². The van der Waals surface area contributed by atoms with E-state index >= 15 is 0 Å². The summed E-state index contributed by atoms with van der Waals surface area (Å²) < 4.78 is 30.7. The van der Waals surface area contributed by atoms with E-state index in [9.17, 15) is 8.42 Å². The average Bonchev–Trinajstić information content (AvgIpc) is 3.10. The number of aromatic nitrogens is 2. The molecule has 0 saturated carbocycles. The minimum Gasteiger partial charge on any atom is -0.376 e. The van der Waals surface area contributed by atoms with Crippen LogP contribution in [0.4, 0.5) is 11.8 Å². The highest BCUT2D eigenvalue weighted by Gasteiger charge is 2.29. The fourth-order valence-electron chi connectivity index (χ4n) is 3.83. The predicted molar refractivity (Wildman–Crippen MR) is 106 cm³/mol. The Morgan fingerprint density at radius 3 is 2.89 bits per heavy atom. The molecule has 1 aromatic rings. The van der Waals surface area contributed by atoms with E-state index in [-0.39, 0.29) is 18.1 Å². The molecule has 0 bridgehead atoms. The topological polar surface area (TPSA) is 96.5 Å². The second-order valence-electron chi connectivity index (χ2n) is 7.89.